The van der Waals surface area contributed by atoms with Gasteiger partial charge in [0.1, 0.15) is 12.6 Å². The van der Waals surface area contributed by atoms with Crippen LogP contribution in [0.2, 0.25) is 0 Å². The van der Waals surface area contributed by atoms with E-state index in [1.54, 1.807) is 20.8 Å². The molecule has 1 aliphatic carbocycles. The van der Waals surface area contributed by atoms with Gasteiger partial charge < -0.3 is 20.5 Å². The average Bonchev–Trinajstić information content (AvgIpc) is 3.12. The van der Waals surface area contributed by atoms with E-state index in [2.05, 4.69) is 34.9 Å². The summed E-state index contributed by atoms with van der Waals surface area (Å²) in [5, 5.41) is 14.9. The molecule has 1 aliphatic rings. The van der Waals surface area contributed by atoms with E-state index in [1.807, 2.05) is 31.2 Å². The highest BCUT2D eigenvalue weighted by molar-refractivity contribution is 5.85. The number of hydrogen-bond acceptors (Lipinski definition) is 4. The number of hydrogen-bond donors (Lipinski definition) is 3. The predicted molar refractivity (Wildman–Crippen MR) is 135 cm³/mol. The van der Waals surface area contributed by atoms with Gasteiger partial charge in [-0.1, -0.05) is 89.1 Å². The van der Waals surface area contributed by atoms with Gasteiger partial charge >= 0.3 is 12.1 Å². The summed E-state index contributed by atoms with van der Waals surface area (Å²) in [7, 11) is 0. The molecule has 1 unspecified atom stereocenters. The number of benzene rings is 2. The fourth-order valence-corrected chi connectivity index (χ4v) is 4.57. The van der Waals surface area contributed by atoms with Gasteiger partial charge in [-0.15, -0.1) is 0 Å². The third kappa shape index (κ3) is 6.62. The zero-order chi connectivity index (χ0) is 25.6. The maximum atomic E-state index is 12.7. The lowest BCUT2D eigenvalue weighted by molar-refractivity contribution is -0.145. The van der Waals surface area contributed by atoms with Crippen LogP contribution in [0.15, 0.2) is 48.5 Å². The van der Waals surface area contributed by atoms with E-state index in [0.29, 0.717) is 6.42 Å². The number of rotatable bonds is 10. The Bertz CT molecular complexity index is 1010. The second-order valence-electron chi connectivity index (χ2n) is 10.2. The van der Waals surface area contributed by atoms with Crippen LogP contribution in [0.25, 0.3) is 11.1 Å². The number of aliphatic carboxylic acids is 1. The molecule has 2 aromatic carbocycles. The molecule has 7 heteroatoms. The second-order valence-corrected chi connectivity index (χ2v) is 10.2. The molecule has 3 N–H and O–H groups in total. The van der Waals surface area contributed by atoms with Crippen molar-refractivity contribution in [1.29, 1.82) is 0 Å². The van der Waals surface area contributed by atoms with Gasteiger partial charge in [0.25, 0.3) is 0 Å². The molecule has 3 rings (SSSR count). The number of carboxylic acid groups (broad SMARTS) is 1. The van der Waals surface area contributed by atoms with Crippen molar-refractivity contribution in [3.63, 3.8) is 0 Å². The first-order valence-corrected chi connectivity index (χ1v) is 12.3. The van der Waals surface area contributed by atoms with E-state index in [-0.39, 0.29) is 18.9 Å². The summed E-state index contributed by atoms with van der Waals surface area (Å²) in [5.74, 6) is -1.54. The van der Waals surface area contributed by atoms with Crippen molar-refractivity contribution in [2.24, 2.45) is 5.41 Å². The Hall–Kier alpha value is -3.35. The van der Waals surface area contributed by atoms with Gasteiger partial charge in [0.2, 0.25) is 5.91 Å². The van der Waals surface area contributed by atoms with Crippen molar-refractivity contribution in [2.45, 2.75) is 71.4 Å². The summed E-state index contributed by atoms with van der Waals surface area (Å²) in [6.07, 6.45) is 1.74. The molecule has 0 saturated carbocycles. The first-order chi connectivity index (χ1) is 16.6. The molecule has 2 atom stereocenters. The van der Waals surface area contributed by atoms with Crippen LogP contribution in [0.4, 0.5) is 4.79 Å². The number of carboxylic acids is 1. The van der Waals surface area contributed by atoms with Gasteiger partial charge in [-0.05, 0) is 34.1 Å². The summed E-state index contributed by atoms with van der Waals surface area (Å²) in [6, 6.07) is 14.8. The number of nitrogens with one attached hydrogen (secondary N) is 2. The summed E-state index contributed by atoms with van der Waals surface area (Å²) in [4.78, 5) is 36.9. The quantitative estimate of drug-likeness (QED) is 0.439. The lowest BCUT2D eigenvalue weighted by Gasteiger charge is -2.28. The fourth-order valence-electron chi connectivity index (χ4n) is 4.57. The van der Waals surface area contributed by atoms with Crippen molar-refractivity contribution in [2.75, 3.05) is 6.61 Å². The van der Waals surface area contributed by atoms with Gasteiger partial charge in [-0.2, -0.15) is 0 Å². The Labute approximate surface area is 207 Å². The standard InChI is InChI=1S/C28H36N2O5/c1-5-6-11-18(16-24(31)30-25(26(32)33)28(2,3)4)29-27(34)35-17-23-21-14-9-7-12-19(21)20-13-8-10-15-22(20)23/h7-10,12-15,18,23,25H,5-6,11,16-17H2,1-4H3,(H,29,34)(H,30,31)(H,32,33)/t18-,25?/m1/s1. The molecule has 0 radical (unpaired) electrons. The molecule has 2 amide bonds. The zero-order valence-corrected chi connectivity index (χ0v) is 21.0. The molecule has 0 spiro atoms. The third-order valence-electron chi connectivity index (χ3n) is 6.42. The number of ether oxygens (including phenoxy) is 1. The first-order valence-electron chi connectivity index (χ1n) is 12.3. The Morgan fingerprint density at radius 2 is 1.54 bits per heavy atom. The minimum absolute atomic E-state index is 0.00987. The molecular weight excluding hydrogens is 444 g/mol. The van der Waals surface area contributed by atoms with Crippen molar-refractivity contribution in [1.82, 2.24) is 10.6 Å². The molecule has 188 valence electrons. The van der Waals surface area contributed by atoms with E-state index in [4.69, 9.17) is 4.74 Å². The van der Waals surface area contributed by atoms with Crippen molar-refractivity contribution >= 4 is 18.0 Å². The van der Waals surface area contributed by atoms with E-state index < -0.39 is 35.5 Å². The summed E-state index contributed by atoms with van der Waals surface area (Å²) >= 11 is 0. The van der Waals surface area contributed by atoms with Crippen molar-refractivity contribution < 1.29 is 24.2 Å². The highest BCUT2D eigenvalue weighted by Gasteiger charge is 2.33. The van der Waals surface area contributed by atoms with Crippen LogP contribution in [-0.2, 0) is 14.3 Å². The topological polar surface area (TPSA) is 105 Å². The average molecular weight is 481 g/mol. The highest BCUT2D eigenvalue weighted by atomic mass is 16.5. The maximum absolute atomic E-state index is 12.7. The molecule has 7 nitrogen and oxygen atoms in total. The molecule has 0 fully saturated rings. The number of unbranched alkanes of at least 4 members (excludes halogenated alkanes) is 1. The number of carbonyl (C=O) groups excluding carboxylic acids is 2. The van der Waals surface area contributed by atoms with Gasteiger partial charge in [-0.3, -0.25) is 4.79 Å². The van der Waals surface area contributed by atoms with E-state index in [1.165, 1.54) is 0 Å². The van der Waals surface area contributed by atoms with Gasteiger partial charge in [-0.25, -0.2) is 9.59 Å². The van der Waals surface area contributed by atoms with E-state index >= 15 is 0 Å². The summed E-state index contributed by atoms with van der Waals surface area (Å²) < 4.78 is 5.63. The zero-order valence-electron chi connectivity index (χ0n) is 21.0. The maximum Gasteiger partial charge on any atom is 0.407 e. The fraction of sp³-hybridized carbons (Fsp3) is 0.464. The number of carbonyl (C=O) groups is 3. The summed E-state index contributed by atoms with van der Waals surface area (Å²) in [6.45, 7) is 7.50. The molecular formula is C28H36N2O5. The Balaban J connectivity index is 1.62. The van der Waals surface area contributed by atoms with Gasteiger partial charge in [0, 0.05) is 18.4 Å². The monoisotopic (exact) mass is 480 g/mol. The largest absolute Gasteiger partial charge is 0.480 e. The number of fused-ring (bicyclic) bond motifs is 3. The van der Waals surface area contributed by atoms with Crippen LogP contribution >= 0.6 is 0 Å². The van der Waals surface area contributed by atoms with Crippen LogP contribution in [0.5, 0.6) is 0 Å². The second kappa shape index (κ2) is 11.4. The van der Waals surface area contributed by atoms with Crippen LogP contribution in [-0.4, -0.2) is 41.8 Å². The Morgan fingerprint density at radius 1 is 0.971 bits per heavy atom. The third-order valence-corrected chi connectivity index (χ3v) is 6.42. The molecule has 0 aromatic heterocycles. The molecule has 0 bridgehead atoms. The van der Waals surface area contributed by atoms with Crippen LogP contribution in [0.1, 0.15) is 70.4 Å². The van der Waals surface area contributed by atoms with Crippen LogP contribution in [0, 0.1) is 5.41 Å². The lowest BCUT2D eigenvalue weighted by atomic mass is 9.86. The molecule has 35 heavy (non-hydrogen) atoms. The van der Waals surface area contributed by atoms with E-state index in [0.717, 1.165) is 35.1 Å². The molecule has 0 saturated heterocycles. The molecule has 2 aromatic rings. The number of amides is 2. The first kappa shape index (κ1) is 26.3. The Morgan fingerprint density at radius 3 is 2.06 bits per heavy atom. The normalized spacial score (nSPS) is 14.4. The predicted octanol–water partition coefficient (Wildman–Crippen LogP) is 5.09. The molecule has 0 heterocycles. The van der Waals surface area contributed by atoms with Gasteiger partial charge in [0.15, 0.2) is 0 Å². The van der Waals surface area contributed by atoms with Crippen LogP contribution < -0.4 is 10.6 Å². The SMILES string of the molecule is CCCC[C@H](CC(=O)NC(C(=O)O)C(C)(C)C)NC(=O)OCC1c2ccccc2-c2ccccc21. The minimum atomic E-state index is -1.08. The smallest absolute Gasteiger partial charge is 0.407 e. The van der Waals surface area contributed by atoms with E-state index in [9.17, 15) is 19.5 Å². The number of alkyl carbamates (subject to hydrolysis) is 1. The van der Waals surface area contributed by atoms with Gasteiger partial charge in [0.05, 0.1) is 0 Å². The highest BCUT2D eigenvalue weighted by Crippen LogP contribution is 2.44. The summed E-state index contributed by atoms with van der Waals surface area (Å²) in [5.41, 5.74) is 3.93. The minimum Gasteiger partial charge on any atom is -0.480 e. The van der Waals surface area contributed by atoms with Crippen molar-refractivity contribution in [3.05, 3.63) is 59.7 Å². The van der Waals surface area contributed by atoms with Crippen molar-refractivity contribution in [3.8, 4) is 11.1 Å². The molecule has 0 aliphatic heterocycles. The lowest BCUT2D eigenvalue weighted by Crippen LogP contribution is -2.50. The van der Waals surface area contributed by atoms with Crippen LogP contribution in [0.3, 0.4) is 0 Å². The Kier molecular flexibility index (Phi) is 8.54.